The number of nitrogens with zero attached hydrogens (tertiary/aromatic N) is 2. The average Bonchev–Trinajstić information content (AvgIpc) is 3.04. The lowest BCUT2D eigenvalue weighted by Crippen LogP contribution is -2.32. The van der Waals surface area contributed by atoms with E-state index in [0.29, 0.717) is 18.3 Å². The fraction of sp³-hybridized carbons (Fsp3) is 0.150. The van der Waals surface area contributed by atoms with Crippen LogP contribution in [-0.2, 0) is 0 Å². The number of aromatic nitrogens is 2. The highest BCUT2D eigenvalue weighted by atomic mass is 32.1. The first-order valence-electron chi connectivity index (χ1n) is 8.33. The Bertz CT molecular complexity index is 946. The summed E-state index contributed by atoms with van der Waals surface area (Å²) < 4.78 is 5.53. The minimum atomic E-state index is -0.325. The maximum Gasteiger partial charge on any atom is 0.321 e. The van der Waals surface area contributed by atoms with Gasteiger partial charge in [-0.3, -0.25) is 10.3 Å². The van der Waals surface area contributed by atoms with Crippen molar-refractivity contribution in [1.82, 2.24) is 15.3 Å². The zero-order valence-corrected chi connectivity index (χ0v) is 15.5. The van der Waals surface area contributed by atoms with E-state index in [1.54, 1.807) is 12.4 Å². The average molecular weight is 378 g/mol. The predicted octanol–water partition coefficient (Wildman–Crippen LogP) is 3.45. The number of rotatable bonds is 5. The van der Waals surface area contributed by atoms with Gasteiger partial charge in [-0.15, -0.1) is 0 Å². The minimum Gasteiger partial charge on any atom is -0.492 e. The normalized spacial score (nSPS) is 9.81. The van der Waals surface area contributed by atoms with Gasteiger partial charge in [0.2, 0.25) is 0 Å². The summed E-state index contributed by atoms with van der Waals surface area (Å²) in [4.78, 5) is 21.1. The number of hydrogen-bond donors (Lipinski definition) is 2. The molecule has 136 valence electrons. The van der Waals surface area contributed by atoms with Gasteiger partial charge in [0.1, 0.15) is 17.2 Å². The third kappa shape index (κ3) is 5.83. The Morgan fingerprint density at radius 1 is 1.15 bits per heavy atom. The summed E-state index contributed by atoms with van der Waals surface area (Å²) in [6.45, 7) is 2.64. The van der Waals surface area contributed by atoms with Crippen LogP contribution in [-0.4, -0.2) is 29.2 Å². The van der Waals surface area contributed by atoms with Crippen LogP contribution >= 0.6 is 11.3 Å². The molecule has 7 heteroatoms. The number of amides is 2. The van der Waals surface area contributed by atoms with Crippen molar-refractivity contribution in [2.75, 3.05) is 18.5 Å². The van der Waals surface area contributed by atoms with Crippen molar-refractivity contribution in [3.05, 3.63) is 71.0 Å². The van der Waals surface area contributed by atoms with Crippen molar-refractivity contribution >= 4 is 22.5 Å². The summed E-state index contributed by atoms with van der Waals surface area (Å²) >= 11 is 1.34. The number of nitrogens with one attached hydrogen (secondary N) is 2. The Hall–Kier alpha value is -3.37. The monoisotopic (exact) mass is 378 g/mol. The second-order valence-corrected chi connectivity index (χ2v) is 6.46. The van der Waals surface area contributed by atoms with E-state index < -0.39 is 0 Å². The second-order valence-electron chi connectivity index (χ2n) is 5.46. The molecule has 0 unspecified atom stereocenters. The van der Waals surface area contributed by atoms with Gasteiger partial charge in [-0.1, -0.05) is 35.5 Å². The van der Waals surface area contributed by atoms with Crippen LogP contribution < -0.4 is 15.4 Å². The summed E-state index contributed by atoms with van der Waals surface area (Å²) in [5.41, 5.74) is 1.66. The molecule has 0 radical (unpaired) electrons. The van der Waals surface area contributed by atoms with Gasteiger partial charge in [0.15, 0.2) is 5.13 Å². The molecule has 0 bridgehead atoms. The highest BCUT2D eigenvalue weighted by Crippen LogP contribution is 2.21. The molecule has 0 spiro atoms. The molecule has 27 heavy (non-hydrogen) atoms. The molecule has 0 fully saturated rings. The van der Waals surface area contributed by atoms with Gasteiger partial charge in [-0.05, 0) is 37.1 Å². The molecule has 0 atom stereocenters. The fourth-order valence-electron chi connectivity index (χ4n) is 2.12. The lowest BCUT2D eigenvalue weighted by molar-refractivity contribution is 0.247. The largest absolute Gasteiger partial charge is 0.492 e. The molecule has 0 aliphatic carbocycles. The Kier molecular flexibility index (Phi) is 6.39. The molecule has 0 saturated heterocycles. The van der Waals surface area contributed by atoms with Gasteiger partial charge in [0, 0.05) is 18.0 Å². The van der Waals surface area contributed by atoms with Crippen LogP contribution in [0.25, 0.3) is 0 Å². The van der Waals surface area contributed by atoms with Crippen molar-refractivity contribution < 1.29 is 9.53 Å². The van der Waals surface area contributed by atoms with Crippen molar-refractivity contribution in [3.8, 4) is 17.6 Å². The van der Waals surface area contributed by atoms with Gasteiger partial charge in [0.25, 0.3) is 0 Å². The number of thiazole rings is 1. The molecule has 0 aliphatic rings. The molecule has 0 saturated carbocycles. The summed E-state index contributed by atoms with van der Waals surface area (Å²) in [5.74, 6) is 6.91. The summed E-state index contributed by atoms with van der Waals surface area (Å²) in [6.07, 6.45) is 3.39. The Balaban J connectivity index is 1.48. The molecule has 2 heterocycles. The quantitative estimate of drug-likeness (QED) is 0.527. The fourth-order valence-corrected chi connectivity index (χ4v) is 2.94. The van der Waals surface area contributed by atoms with E-state index in [0.717, 1.165) is 21.9 Å². The first kappa shape index (κ1) is 18.4. The number of carbonyl (C=O) groups is 1. The van der Waals surface area contributed by atoms with Gasteiger partial charge in [-0.2, -0.15) is 0 Å². The molecule has 2 aromatic heterocycles. The zero-order chi connectivity index (χ0) is 18.9. The standard InChI is InChI=1S/C20H18N4O2S/c1-15-18(8-7-16-9-11-21-12-10-16)27-20(23-15)24-19(25)22-13-14-26-17-5-3-2-4-6-17/h2-6,9-12H,13-14H2,1H3,(H2,22,23,24,25). The van der Waals surface area contributed by atoms with Crippen LogP contribution in [0, 0.1) is 18.8 Å². The number of urea groups is 1. The third-order valence-electron chi connectivity index (χ3n) is 3.42. The molecule has 2 amide bonds. The van der Waals surface area contributed by atoms with Crippen molar-refractivity contribution in [2.45, 2.75) is 6.92 Å². The van der Waals surface area contributed by atoms with E-state index in [9.17, 15) is 4.79 Å². The Labute approximate surface area is 161 Å². The van der Waals surface area contributed by atoms with E-state index in [4.69, 9.17) is 4.74 Å². The first-order chi connectivity index (χ1) is 13.2. The highest BCUT2D eigenvalue weighted by molar-refractivity contribution is 7.16. The predicted molar refractivity (Wildman–Crippen MR) is 106 cm³/mol. The molecular formula is C20H18N4O2S. The first-order valence-corrected chi connectivity index (χ1v) is 9.14. The van der Waals surface area contributed by atoms with E-state index >= 15 is 0 Å². The lowest BCUT2D eigenvalue weighted by atomic mass is 10.2. The van der Waals surface area contributed by atoms with E-state index in [1.807, 2.05) is 49.4 Å². The number of pyridine rings is 1. The Morgan fingerprint density at radius 3 is 2.70 bits per heavy atom. The third-order valence-corrected chi connectivity index (χ3v) is 4.41. The van der Waals surface area contributed by atoms with Gasteiger partial charge < -0.3 is 10.1 Å². The number of ether oxygens (including phenoxy) is 1. The van der Waals surface area contributed by atoms with E-state index in [1.165, 1.54) is 11.3 Å². The molecule has 0 aliphatic heterocycles. The smallest absolute Gasteiger partial charge is 0.321 e. The van der Waals surface area contributed by atoms with Gasteiger partial charge in [-0.25, -0.2) is 9.78 Å². The molecule has 1 aromatic carbocycles. The van der Waals surface area contributed by atoms with Crippen molar-refractivity contribution in [1.29, 1.82) is 0 Å². The van der Waals surface area contributed by atoms with Gasteiger partial charge in [0.05, 0.1) is 12.2 Å². The summed E-state index contributed by atoms with van der Waals surface area (Å²) in [6, 6.07) is 12.8. The molecular weight excluding hydrogens is 360 g/mol. The molecule has 6 nitrogen and oxygen atoms in total. The number of hydrogen-bond acceptors (Lipinski definition) is 5. The van der Waals surface area contributed by atoms with Crippen LogP contribution in [0.4, 0.5) is 9.93 Å². The summed E-state index contributed by atoms with van der Waals surface area (Å²) in [5, 5.41) is 5.97. The number of benzene rings is 1. The Morgan fingerprint density at radius 2 is 1.93 bits per heavy atom. The number of carbonyl (C=O) groups excluding carboxylic acids is 1. The number of aryl methyl sites for hydroxylation is 1. The maximum absolute atomic E-state index is 12.0. The van der Waals surface area contributed by atoms with E-state index in [-0.39, 0.29) is 6.03 Å². The van der Waals surface area contributed by atoms with E-state index in [2.05, 4.69) is 32.4 Å². The maximum atomic E-state index is 12.0. The van der Waals surface area contributed by atoms with Crippen molar-refractivity contribution in [3.63, 3.8) is 0 Å². The van der Waals surface area contributed by atoms with Crippen LogP contribution in [0.5, 0.6) is 5.75 Å². The number of anilines is 1. The van der Waals surface area contributed by atoms with Gasteiger partial charge >= 0.3 is 6.03 Å². The van der Waals surface area contributed by atoms with Crippen LogP contribution in [0.15, 0.2) is 54.9 Å². The second kappa shape index (κ2) is 9.36. The molecule has 2 N–H and O–H groups in total. The molecule has 3 aromatic rings. The highest BCUT2D eigenvalue weighted by Gasteiger charge is 2.08. The van der Waals surface area contributed by atoms with Crippen LogP contribution in [0.3, 0.4) is 0 Å². The van der Waals surface area contributed by atoms with Crippen LogP contribution in [0.2, 0.25) is 0 Å². The zero-order valence-electron chi connectivity index (χ0n) is 14.7. The minimum absolute atomic E-state index is 0.325. The summed E-state index contributed by atoms with van der Waals surface area (Å²) in [7, 11) is 0. The number of para-hydroxylation sites is 1. The lowest BCUT2D eigenvalue weighted by Gasteiger charge is -2.07. The molecule has 3 rings (SSSR count). The topological polar surface area (TPSA) is 76.1 Å². The van der Waals surface area contributed by atoms with Crippen LogP contribution in [0.1, 0.15) is 16.1 Å². The van der Waals surface area contributed by atoms with Crippen molar-refractivity contribution in [2.24, 2.45) is 0 Å². The SMILES string of the molecule is Cc1nc(NC(=O)NCCOc2ccccc2)sc1C#Cc1ccncc1.